The number of carbonyl (C=O) groups is 1. The van der Waals surface area contributed by atoms with Gasteiger partial charge in [0.1, 0.15) is 5.69 Å². The lowest BCUT2D eigenvalue weighted by molar-refractivity contribution is 0.0690. The Hall–Kier alpha value is -1.98. The number of nitrogens with one attached hydrogen (secondary N) is 1. The standard InChI is InChI=1S/C8H11N3O3/c1-3-4(2)6(8(12)13)10-5(3)7(9)11-14/h10,14H,1-2H3,(H2,9,11)(H,12,13). The number of rotatable bonds is 2. The zero-order chi connectivity index (χ0) is 10.9. The normalized spacial score (nSPS) is 11.7. The molecule has 1 aromatic heterocycles. The summed E-state index contributed by atoms with van der Waals surface area (Å²) >= 11 is 0. The van der Waals surface area contributed by atoms with E-state index >= 15 is 0 Å². The number of nitrogens with two attached hydrogens (primary N) is 1. The first-order valence-electron chi connectivity index (χ1n) is 3.89. The molecule has 0 aliphatic rings. The summed E-state index contributed by atoms with van der Waals surface area (Å²) in [6, 6.07) is 0. The molecule has 76 valence electrons. The quantitative estimate of drug-likeness (QED) is 0.238. The average Bonchev–Trinajstić information content (AvgIpc) is 2.43. The number of nitrogens with zero attached hydrogens (tertiary/aromatic N) is 1. The molecule has 0 fully saturated rings. The van der Waals surface area contributed by atoms with Crippen LogP contribution in [0.3, 0.4) is 0 Å². The number of aromatic carboxylic acids is 1. The topological polar surface area (TPSA) is 112 Å². The molecule has 0 radical (unpaired) electrons. The highest BCUT2D eigenvalue weighted by molar-refractivity contribution is 5.99. The van der Waals surface area contributed by atoms with Crippen LogP contribution in [-0.2, 0) is 0 Å². The fourth-order valence-electron chi connectivity index (χ4n) is 1.21. The van der Waals surface area contributed by atoms with Gasteiger partial charge in [-0.25, -0.2) is 4.79 Å². The maximum atomic E-state index is 10.7. The first kappa shape index (κ1) is 10.1. The van der Waals surface area contributed by atoms with Gasteiger partial charge in [0.05, 0.1) is 5.69 Å². The summed E-state index contributed by atoms with van der Waals surface area (Å²) in [5.41, 5.74) is 7.00. The second-order valence-electron chi connectivity index (χ2n) is 2.92. The maximum Gasteiger partial charge on any atom is 0.352 e. The number of amidine groups is 1. The van der Waals surface area contributed by atoms with Gasteiger partial charge >= 0.3 is 5.97 Å². The van der Waals surface area contributed by atoms with Crippen molar-refractivity contribution in [2.24, 2.45) is 10.9 Å². The lowest BCUT2D eigenvalue weighted by atomic mass is 10.1. The van der Waals surface area contributed by atoms with E-state index in [0.29, 0.717) is 16.8 Å². The molecule has 1 heterocycles. The minimum Gasteiger partial charge on any atom is -0.477 e. The van der Waals surface area contributed by atoms with Crippen LogP contribution in [0.15, 0.2) is 5.16 Å². The van der Waals surface area contributed by atoms with E-state index in [9.17, 15) is 4.79 Å². The molecular weight excluding hydrogens is 186 g/mol. The van der Waals surface area contributed by atoms with Gasteiger partial charge in [-0.3, -0.25) is 0 Å². The van der Waals surface area contributed by atoms with E-state index in [1.54, 1.807) is 13.8 Å². The van der Waals surface area contributed by atoms with Crippen molar-refractivity contribution in [3.05, 3.63) is 22.5 Å². The van der Waals surface area contributed by atoms with Gasteiger partial charge in [0.2, 0.25) is 0 Å². The molecule has 0 aliphatic carbocycles. The molecule has 14 heavy (non-hydrogen) atoms. The van der Waals surface area contributed by atoms with Crippen LogP contribution < -0.4 is 5.73 Å². The predicted octanol–water partition coefficient (Wildman–Crippen LogP) is 0.424. The Morgan fingerprint density at radius 2 is 1.86 bits per heavy atom. The second-order valence-corrected chi connectivity index (χ2v) is 2.92. The molecular formula is C8H11N3O3. The molecule has 0 bridgehead atoms. The van der Waals surface area contributed by atoms with Crippen molar-refractivity contribution in [2.75, 3.05) is 0 Å². The van der Waals surface area contributed by atoms with Gasteiger partial charge in [-0.15, -0.1) is 0 Å². The van der Waals surface area contributed by atoms with Gasteiger partial charge < -0.3 is 21.0 Å². The third-order valence-electron chi connectivity index (χ3n) is 2.14. The highest BCUT2D eigenvalue weighted by Crippen LogP contribution is 2.16. The molecule has 0 unspecified atom stereocenters. The van der Waals surface area contributed by atoms with Gasteiger partial charge in [-0.2, -0.15) is 0 Å². The van der Waals surface area contributed by atoms with E-state index in [1.165, 1.54) is 0 Å². The molecule has 0 saturated heterocycles. The van der Waals surface area contributed by atoms with Crippen molar-refractivity contribution in [1.82, 2.24) is 4.98 Å². The van der Waals surface area contributed by atoms with Crippen LogP contribution in [0.1, 0.15) is 27.3 Å². The molecule has 6 heteroatoms. The molecule has 5 N–H and O–H groups in total. The average molecular weight is 197 g/mol. The van der Waals surface area contributed by atoms with Gasteiger partial charge in [-0.1, -0.05) is 5.16 Å². The lowest BCUT2D eigenvalue weighted by Crippen LogP contribution is -2.15. The third kappa shape index (κ3) is 1.41. The van der Waals surface area contributed by atoms with Crippen LogP contribution in [0, 0.1) is 13.8 Å². The van der Waals surface area contributed by atoms with Crippen LogP contribution in [0.5, 0.6) is 0 Å². The number of carboxylic acid groups (broad SMARTS) is 1. The predicted molar refractivity (Wildman–Crippen MR) is 49.7 cm³/mol. The SMILES string of the molecule is Cc1c(C(=O)O)[nH]c(/C(N)=N\O)c1C. The molecule has 1 aromatic rings. The number of aromatic amines is 1. The summed E-state index contributed by atoms with van der Waals surface area (Å²) in [6.07, 6.45) is 0. The van der Waals surface area contributed by atoms with Gasteiger partial charge in [0.25, 0.3) is 0 Å². The highest BCUT2D eigenvalue weighted by Gasteiger charge is 2.17. The molecule has 0 aromatic carbocycles. The van der Waals surface area contributed by atoms with E-state index in [1.807, 2.05) is 0 Å². The van der Waals surface area contributed by atoms with Crippen LogP contribution in [0.4, 0.5) is 0 Å². The second kappa shape index (κ2) is 3.41. The highest BCUT2D eigenvalue weighted by atomic mass is 16.4. The Labute approximate surface area is 80.0 Å². The van der Waals surface area contributed by atoms with Crippen molar-refractivity contribution < 1.29 is 15.1 Å². The number of carboxylic acids is 1. The summed E-state index contributed by atoms with van der Waals surface area (Å²) in [4.78, 5) is 13.3. The Morgan fingerprint density at radius 1 is 1.36 bits per heavy atom. The van der Waals surface area contributed by atoms with Crippen LogP contribution in [0.25, 0.3) is 0 Å². The summed E-state index contributed by atoms with van der Waals surface area (Å²) in [5.74, 6) is -1.19. The Balaban J connectivity index is 3.36. The van der Waals surface area contributed by atoms with Crippen LogP contribution >= 0.6 is 0 Å². The largest absolute Gasteiger partial charge is 0.477 e. The van der Waals surface area contributed by atoms with E-state index in [-0.39, 0.29) is 11.5 Å². The summed E-state index contributed by atoms with van der Waals surface area (Å²) in [5, 5.41) is 20.0. The van der Waals surface area contributed by atoms with Crippen LogP contribution in [-0.4, -0.2) is 27.1 Å². The van der Waals surface area contributed by atoms with Crippen molar-refractivity contribution in [3.8, 4) is 0 Å². The van der Waals surface area contributed by atoms with Crippen molar-refractivity contribution >= 4 is 11.8 Å². The van der Waals surface area contributed by atoms with Gasteiger partial charge in [-0.05, 0) is 25.0 Å². The molecule has 0 amide bonds. The zero-order valence-electron chi connectivity index (χ0n) is 7.83. The first-order chi connectivity index (χ1) is 6.49. The number of H-pyrrole nitrogens is 1. The number of hydrogen-bond acceptors (Lipinski definition) is 3. The number of hydrogen-bond donors (Lipinski definition) is 4. The van der Waals surface area contributed by atoms with Crippen molar-refractivity contribution in [1.29, 1.82) is 0 Å². The smallest absolute Gasteiger partial charge is 0.352 e. The summed E-state index contributed by atoms with van der Waals surface area (Å²) in [6.45, 7) is 3.36. The minimum absolute atomic E-state index is 0.0594. The number of aromatic nitrogens is 1. The van der Waals surface area contributed by atoms with Crippen molar-refractivity contribution in [3.63, 3.8) is 0 Å². The molecule has 0 spiro atoms. The monoisotopic (exact) mass is 197 g/mol. The fourth-order valence-corrected chi connectivity index (χ4v) is 1.21. The van der Waals surface area contributed by atoms with Gasteiger partial charge in [0, 0.05) is 0 Å². The summed E-state index contributed by atoms with van der Waals surface area (Å²) < 4.78 is 0. The maximum absolute atomic E-state index is 10.7. The van der Waals surface area contributed by atoms with Crippen molar-refractivity contribution in [2.45, 2.75) is 13.8 Å². The first-order valence-corrected chi connectivity index (χ1v) is 3.89. The van der Waals surface area contributed by atoms with E-state index < -0.39 is 5.97 Å². The van der Waals surface area contributed by atoms with E-state index in [4.69, 9.17) is 16.0 Å². The molecule has 0 aliphatic heterocycles. The van der Waals surface area contributed by atoms with E-state index in [2.05, 4.69) is 10.1 Å². The molecule has 6 nitrogen and oxygen atoms in total. The molecule has 0 atom stereocenters. The third-order valence-corrected chi connectivity index (χ3v) is 2.14. The fraction of sp³-hybridized carbons (Fsp3) is 0.250. The Kier molecular flexibility index (Phi) is 2.46. The number of oxime groups is 1. The lowest BCUT2D eigenvalue weighted by Gasteiger charge is -1.95. The Bertz CT molecular complexity index is 406. The zero-order valence-corrected chi connectivity index (χ0v) is 7.83. The van der Waals surface area contributed by atoms with E-state index in [0.717, 1.165) is 0 Å². The summed E-state index contributed by atoms with van der Waals surface area (Å²) in [7, 11) is 0. The Morgan fingerprint density at radius 3 is 2.21 bits per heavy atom. The van der Waals surface area contributed by atoms with Gasteiger partial charge in [0.15, 0.2) is 5.84 Å². The minimum atomic E-state index is -1.07. The van der Waals surface area contributed by atoms with Crippen LogP contribution in [0.2, 0.25) is 0 Å². The molecule has 1 rings (SSSR count). The molecule has 0 saturated carbocycles.